The van der Waals surface area contributed by atoms with Crippen LogP contribution in [-0.2, 0) is 0 Å². The number of aliphatic hydroxyl groups excluding tert-OH is 1. The van der Waals surface area contributed by atoms with Gasteiger partial charge in [0.05, 0.1) is 5.02 Å². The zero-order valence-electron chi connectivity index (χ0n) is 10.1. The molecule has 2 aromatic carbocycles. The molecule has 1 N–H and O–H groups in total. The van der Waals surface area contributed by atoms with Crippen molar-refractivity contribution in [3.05, 3.63) is 69.6 Å². The quantitative estimate of drug-likeness (QED) is 0.666. The highest BCUT2D eigenvalue weighted by molar-refractivity contribution is 7.17. The van der Waals surface area contributed by atoms with E-state index >= 15 is 0 Å². The fraction of sp³-hybridized carbons (Fsp3) is 0.0667. The molecule has 5 heteroatoms. The lowest BCUT2D eigenvalue weighted by molar-refractivity contribution is 0.216. The Balaban J connectivity index is 2.13. The van der Waals surface area contributed by atoms with Crippen molar-refractivity contribution in [2.24, 2.45) is 0 Å². The molecule has 1 atom stereocenters. The van der Waals surface area contributed by atoms with Crippen molar-refractivity contribution in [2.45, 2.75) is 6.10 Å². The molecule has 0 saturated heterocycles. The van der Waals surface area contributed by atoms with E-state index in [1.807, 2.05) is 24.3 Å². The van der Waals surface area contributed by atoms with E-state index in [0.29, 0.717) is 5.56 Å². The smallest absolute Gasteiger partial charge is 0.142 e. The van der Waals surface area contributed by atoms with Crippen molar-refractivity contribution in [2.75, 3.05) is 0 Å². The minimum absolute atomic E-state index is 0.115. The van der Waals surface area contributed by atoms with Crippen molar-refractivity contribution < 1.29 is 13.9 Å². The predicted octanol–water partition coefficient (Wildman–Crippen LogP) is 4.91. The molecule has 0 aliphatic carbocycles. The molecule has 1 nitrogen and oxygen atoms in total. The molecular formula is C15H9ClF2OS. The summed E-state index contributed by atoms with van der Waals surface area (Å²) in [5, 5.41) is 12.6. The van der Waals surface area contributed by atoms with Gasteiger partial charge in [-0.3, -0.25) is 0 Å². The average Bonchev–Trinajstić information content (AvgIpc) is 2.86. The topological polar surface area (TPSA) is 20.2 Å². The van der Waals surface area contributed by atoms with Crippen molar-refractivity contribution >= 4 is 33.0 Å². The molecule has 1 unspecified atom stereocenters. The number of halogens is 3. The van der Waals surface area contributed by atoms with Crippen molar-refractivity contribution in [3.8, 4) is 0 Å². The van der Waals surface area contributed by atoms with Gasteiger partial charge in [-0.25, -0.2) is 8.78 Å². The first-order valence-corrected chi connectivity index (χ1v) is 7.12. The summed E-state index contributed by atoms with van der Waals surface area (Å²) in [6, 6.07) is 9.30. The Bertz CT molecular complexity index is 785. The zero-order chi connectivity index (χ0) is 14.3. The van der Waals surface area contributed by atoms with Crippen LogP contribution in [0.2, 0.25) is 5.02 Å². The summed E-state index contributed by atoms with van der Waals surface area (Å²) in [4.78, 5) is 0. The van der Waals surface area contributed by atoms with E-state index in [2.05, 4.69) is 0 Å². The van der Waals surface area contributed by atoms with Gasteiger partial charge in [0.25, 0.3) is 0 Å². The van der Waals surface area contributed by atoms with Crippen LogP contribution >= 0.6 is 22.9 Å². The van der Waals surface area contributed by atoms with Crippen molar-refractivity contribution in [1.82, 2.24) is 0 Å². The number of fused-ring (bicyclic) bond motifs is 1. The van der Waals surface area contributed by atoms with Crippen LogP contribution in [0, 0.1) is 11.6 Å². The molecule has 0 fully saturated rings. The van der Waals surface area contributed by atoms with Crippen LogP contribution in [0.15, 0.2) is 41.8 Å². The highest BCUT2D eigenvalue weighted by Crippen LogP contribution is 2.35. The average molecular weight is 311 g/mol. The molecule has 3 aromatic rings. The van der Waals surface area contributed by atoms with Gasteiger partial charge in [-0.05, 0) is 29.0 Å². The van der Waals surface area contributed by atoms with Crippen LogP contribution in [0.25, 0.3) is 10.1 Å². The molecule has 1 aromatic heterocycles. The summed E-state index contributed by atoms with van der Waals surface area (Å²) in [7, 11) is 0. The van der Waals surface area contributed by atoms with E-state index in [0.717, 1.165) is 22.2 Å². The van der Waals surface area contributed by atoms with Gasteiger partial charge in [0.1, 0.15) is 17.7 Å². The van der Waals surface area contributed by atoms with Gasteiger partial charge in [0.15, 0.2) is 0 Å². The standard InChI is InChI=1S/C15H9ClF2OS/c16-11-6-12(17)9(5-13(11)18)15(19)10-7-20-14-4-2-1-3-8(10)14/h1-7,15,19H. The van der Waals surface area contributed by atoms with Crippen LogP contribution in [0.4, 0.5) is 8.78 Å². The predicted molar refractivity (Wildman–Crippen MR) is 77.3 cm³/mol. The Morgan fingerprint density at radius 3 is 2.60 bits per heavy atom. The van der Waals surface area contributed by atoms with E-state index in [1.165, 1.54) is 11.3 Å². The molecule has 0 aliphatic rings. The number of thiophene rings is 1. The fourth-order valence-corrected chi connectivity index (χ4v) is 3.26. The van der Waals surface area contributed by atoms with Gasteiger partial charge >= 0.3 is 0 Å². The Morgan fingerprint density at radius 1 is 1.05 bits per heavy atom. The number of aliphatic hydroxyl groups is 1. The maximum atomic E-state index is 13.9. The molecule has 20 heavy (non-hydrogen) atoms. The first kappa shape index (κ1) is 13.5. The third-order valence-corrected chi connectivity index (χ3v) is 4.41. The van der Waals surface area contributed by atoms with Crippen LogP contribution in [0.5, 0.6) is 0 Å². The largest absolute Gasteiger partial charge is 0.383 e. The molecule has 0 bridgehead atoms. The SMILES string of the molecule is OC(c1cc(F)c(Cl)cc1F)c1csc2ccccc12. The molecule has 0 saturated carbocycles. The lowest BCUT2D eigenvalue weighted by Gasteiger charge is -2.12. The molecule has 0 radical (unpaired) electrons. The van der Waals surface area contributed by atoms with E-state index in [4.69, 9.17) is 11.6 Å². The Labute approximate surface area is 123 Å². The third kappa shape index (κ3) is 2.20. The molecule has 1 heterocycles. The van der Waals surface area contributed by atoms with Crippen LogP contribution in [0.1, 0.15) is 17.2 Å². The van der Waals surface area contributed by atoms with Crippen LogP contribution in [0.3, 0.4) is 0 Å². The van der Waals surface area contributed by atoms with Gasteiger partial charge in [-0.2, -0.15) is 0 Å². The highest BCUT2D eigenvalue weighted by Gasteiger charge is 2.20. The molecule has 0 aliphatic heterocycles. The maximum absolute atomic E-state index is 13.9. The first-order chi connectivity index (χ1) is 9.58. The van der Waals surface area contributed by atoms with Gasteiger partial charge < -0.3 is 5.11 Å². The van der Waals surface area contributed by atoms with E-state index in [9.17, 15) is 13.9 Å². The second kappa shape index (κ2) is 5.13. The Hall–Kier alpha value is -1.49. The molecular weight excluding hydrogens is 302 g/mol. The maximum Gasteiger partial charge on any atom is 0.142 e. The Morgan fingerprint density at radius 2 is 1.80 bits per heavy atom. The summed E-state index contributed by atoms with van der Waals surface area (Å²) in [5.74, 6) is -1.47. The summed E-state index contributed by atoms with van der Waals surface area (Å²) < 4.78 is 28.3. The number of hydrogen-bond donors (Lipinski definition) is 1. The molecule has 0 spiro atoms. The van der Waals surface area contributed by atoms with Gasteiger partial charge in [0, 0.05) is 15.8 Å². The number of rotatable bonds is 2. The van der Waals surface area contributed by atoms with E-state index in [1.54, 1.807) is 5.38 Å². The minimum Gasteiger partial charge on any atom is -0.383 e. The van der Waals surface area contributed by atoms with E-state index < -0.39 is 17.7 Å². The number of benzene rings is 2. The van der Waals surface area contributed by atoms with Gasteiger partial charge in [-0.1, -0.05) is 29.8 Å². The highest BCUT2D eigenvalue weighted by atomic mass is 35.5. The Kier molecular flexibility index (Phi) is 3.46. The zero-order valence-corrected chi connectivity index (χ0v) is 11.7. The summed E-state index contributed by atoms with van der Waals surface area (Å²) in [5.41, 5.74) is 0.446. The summed E-state index contributed by atoms with van der Waals surface area (Å²) in [6.45, 7) is 0. The fourth-order valence-electron chi connectivity index (χ4n) is 2.13. The second-order valence-electron chi connectivity index (χ2n) is 4.38. The summed E-state index contributed by atoms with van der Waals surface area (Å²) >= 11 is 6.96. The minimum atomic E-state index is -1.22. The van der Waals surface area contributed by atoms with Crippen LogP contribution < -0.4 is 0 Å². The molecule has 102 valence electrons. The molecule has 3 rings (SSSR count). The lowest BCUT2D eigenvalue weighted by atomic mass is 10.0. The first-order valence-electron chi connectivity index (χ1n) is 5.86. The number of hydrogen-bond acceptors (Lipinski definition) is 2. The van der Waals surface area contributed by atoms with Gasteiger partial charge in [-0.15, -0.1) is 11.3 Å². The van der Waals surface area contributed by atoms with Crippen LogP contribution in [-0.4, -0.2) is 5.11 Å². The van der Waals surface area contributed by atoms with E-state index in [-0.39, 0.29) is 10.6 Å². The summed E-state index contributed by atoms with van der Waals surface area (Å²) in [6.07, 6.45) is -1.22. The monoisotopic (exact) mass is 310 g/mol. The third-order valence-electron chi connectivity index (χ3n) is 3.14. The lowest BCUT2D eigenvalue weighted by Crippen LogP contribution is -2.03. The van der Waals surface area contributed by atoms with Crippen molar-refractivity contribution in [3.63, 3.8) is 0 Å². The molecule has 0 amide bonds. The second-order valence-corrected chi connectivity index (χ2v) is 5.70. The normalized spacial score (nSPS) is 12.8. The van der Waals surface area contributed by atoms with Gasteiger partial charge in [0.2, 0.25) is 0 Å². The van der Waals surface area contributed by atoms with Crippen molar-refractivity contribution in [1.29, 1.82) is 0 Å².